The van der Waals surface area contributed by atoms with Gasteiger partial charge in [0.05, 0.1) is 7.11 Å². The molecule has 27 heavy (non-hydrogen) atoms. The first kappa shape index (κ1) is 22.7. The van der Waals surface area contributed by atoms with E-state index in [-0.39, 0.29) is 24.9 Å². The van der Waals surface area contributed by atoms with Crippen molar-refractivity contribution >= 4 is 18.0 Å². The molecule has 0 N–H and O–H groups in total. The van der Waals surface area contributed by atoms with Crippen LogP contribution in [0.1, 0.15) is 40.0 Å². The van der Waals surface area contributed by atoms with E-state index in [2.05, 4.69) is 17.9 Å². The molecule has 1 saturated heterocycles. The SMILES string of the molecule is C=CCC[C@H]1CCN(C(=O)OC(C)(C)C)[C@@H]1C(=O)N(CC=C)CC(=O)OC. The predicted octanol–water partition coefficient (Wildman–Crippen LogP) is 2.77. The maximum absolute atomic E-state index is 13.2. The van der Waals surface area contributed by atoms with Gasteiger partial charge in [-0.25, -0.2) is 4.79 Å². The van der Waals surface area contributed by atoms with Crippen molar-refractivity contribution in [3.05, 3.63) is 25.3 Å². The molecule has 1 heterocycles. The van der Waals surface area contributed by atoms with E-state index < -0.39 is 23.7 Å². The Morgan fingerprint density at radius 2 is 1.89 bits per heavy atom. The molecule has 1 rings (SSSR count). The number of nitrogens with zero attached hydrogens (tertiary/aromatic N) is 2. The topological polar surface area (TPSA) is 76.2 Å². The largest absolute Gasteiger partial charge is 0.468 e. The monoisotopic (exact) mass is 380 g/mol. The van der Waals surface area contributed by atoms with Gasteiger partial charge in [-0.3, -0.25) is 14.5 Å². The van der Waals surface area contributed by atoms with E-state index in [0.717, 1.165) is 12.8 Å². The third-order valence-electron chi connectivity index (χ3n) is 4.35. The predicted molar refractivity (Wildman–Crippen MR) is 103 cm³/mol. The van der Waals surface area contributed by atoms with Crippen LogP contribution in [0.5, 0.6) is 0 Å². The molecule has 0 saturated carbocycles. The van der Waals surface area contributed by atoms with Crippen LogP contribution in [0.3, 0.4) is 0 Å². The number of hydrogen-bond donors (Lipinski definition) is 0. The Labute approximate surface area is 162 Å². The van der Waals surface area contributed by atoms with Gasteiger partial charge in [0.2, 0.25) is 5.91 Å². The number of hydrogen-bond acceptors (Lipinski definition) is 5. The van der Waals surface area contributed by atoms with Crippen LogP contribution in [0.4, 0.5) is 4.79 Å². The lowest BCUT2D eigenvalue weighted by Crippen LogP contribution is -2.52. The van der Waals surface area contributed by atoms with Crippen LogP contribution in [0.15, 0.2) is 25.3 Å². The molecule has 0 aliphatic carbocycles. The van der Waals surface area contributed by atoms with Gasteiger partial charge >= 0.3 is 12.1 Å². The molecule has 1 aliphatic rings. The second kappa shape index (κ2) is 10.1. The lowest BCUT2D eigenvalue weighted by molar-refractivity contribution is -0.148. The quantitative estimate of drug-likeness (QED) is 0.478. The van der Waals surface area contributed by atoms with E-state index in [9.17, 15) is 14.4 Å². The zero-order valence-corrected chi connectivity index (χ0v) is 16.9. The van der Waals surface area contributed by atoms with Crippen LogP contribution >= 0.6 is 0 Å². The van der Waals surface area contributed by atoms with Crippen molar-refractivity contribution in [1.29, 1.82) is 0 Å². The number of likely N-dealkylation sites (tertiary alicyclic amines) is 1. The van der Waals surface area contributed by atoms with Crippen molar-refractivity contribution in [2.75, 3.05) is 26.7 Å². The van der Waals surface area contributed by atoms with Crippen molar-refractivity contribution in [2.45, 2.75) is 51.7 Å². The standard InChI is InChI=1S/C20H32N2O5/c1-7-9-10-15-11-13-22(19(25)27-20(3,4)5)17(15)18(24)21(12-8-2)14-16(23)26-6/h7-8,15,17H,1-2,9-14H2,3-6H3/t15-,17-/m0/s1. The first-order valence-corrected chi connectivity index (χ1v) is 9.21. The normalized spacial score (nSPS) is 19.3. The highest BCUT2D eigenvalue weighted by Gasteiger charge is 2.44. The second-order valence-corrected chi connectivity index (χ2v) is 7.62. The maximum atomic E-state index is 13.2. The van der Waals surface area contributed by atoms with E-state index in [4.69, 9.17) is 4.74 Å². The molecular formula is C20H32N2O5. The molecule has 2 amide bonds. The summed E-state index contributed by atoms with van der Waals surface area (Å²) in [5.74, 6) is -0.833. The van der Waals surface area contributed by atoms with Crippen LogP contribution in [-0.4, -0.2) is 66.2 Å². The molecule has 0 spiro atoms. The number of ether oxygens (including phenoxy) is 2. The minimum Gasteiger partial charge on any atom is -0.468 e. The summed E-state index contributed by atoms with van der Waals surface area (Å²) in [6.45, 7) is 13.2. The van der Waals surface area contributed by atoms with Gasteiger partial charge in [-0.05, 0) is 46.0 Å². The summed E-state index contributed by atoms with van der Waals surface area (Å²) in [5.41, 5.74) is -0.656. The number of carbonyl (C=O) groups excluding carboxylic acids is 3. The summed E-state index contributed by atoms with van der Waals surface area (Å²) in [6.07, 6.45) is 5.01. The third kappa shape index (κ3) is 6.73. The first-order valence-electron chi connectivity index (χ1n) is 9.21. The van der Waals surface area contributed by atoms with Crippen molar-refractivity contribution < 1.29 is 23.9 Å². The average Bonchev–Trinajstić information content (AvgIpc) is 3.01. The molecule has 1 aliphatic heterocycles. The lowest BCUT2D eigenvalue weighted by Gasteiger charge is -2.33. The zero-order valence-electron chi connectivity index (χ0n) is 16.9. The second-order valence-electron chi connectivity index (χ2n) is 7.62. The van der Waals surface area contributed by atoms with Gasteiger partial charge in [-0.2, -0.15) is 0 Å². The Hall–Kier alpha value is -2.31. The smallest absolute Gasteiger partial charge is 0.410 e. The highest BCUT2D eigenvalue weighted by molar-refractivity contribution is 5.89. The van der Waals surface area contributed by atoms with E-state index >= 15 is 0 Å². The Balaban J connectivity index is 3.09. The number of methoxy groups -OCH3 is 1. The molecule has 152 valence electrons. The van der Waals surface area contributed by atoms with E-state index in [1.54, 1.807) is 32.9 Å². The van der Waals surface area contributed by atoms with Crippen LogP contribution < -0.4 is 0 Å². The first-order chi connectivity index (χ1) is 12.6. The van der Waals surface area contributed by atoms with Crippen LogP contribution in [-0.2, 0) is 19.1 Å². The summed E-state index contributed by atoms with van der Waals surface area (Å²) in [4.78, 5) is 40.4. The van der Waals surface area contributed by atoms with Gasteiger partial charge in [-0.1, -0.05) is 12.2 Å². The Morgan fingerprint density at radius 3 is 2.41 bits per heavy atom. The molecule has 0 radical (unpaired) electrons. The van der Waals surface area contributed by atoms with Crippen molar-refractivity contribution in [1.82, 2.24) is 9.80 Å². The Morgan fingerprint density at radius 1 is 1.22 bits per heavy atom. The summed E-state index contributed by atoms with van der Waals surface area (Å²) in [6, 6.07) is -0.676. The molecule has 0 aromatic heterocycles. The van der Waals surface area contributed by atoms with Gasteiger partial charge in [0, 0.05) is 13.1 Å². The van der Waals surface area contributed by atoms with E-state index in [1.807, 2.05) is 0 Å². The maximum Gasteiger partial charge on any atom is 0.410 e. The summed E-state index contributed by atoms with van der Waals surface area (Å²) >= 11 is 0. The fraction of sp³-hybridized carbons (Fsp3) is 0.650. The Kier molecular flexibility index (Phi) is 8.53. The number of amides is 2. The third-order valence-corrected chi connectivity index (χ3v) is 4.35. The molecule has 7 heteroatoms. The van der Waals surface area contributed by atoms with Gasteiger partial charge < -0.3 is 14.4 Å². The van der Waals surface area contributed by atoms with Crippen molar-refractivity contribution in [3.8, 4) is 0 Å². The van der Waals surface area contributed by atoms with Crippen LogP contribution in [0.2, 0.25) is 0 Å². The highest BCUT2D eigenvalue weighted by atomic mass is 16.6. The number of esters is 1. The molecule has 0 aromatic rings. The molecule has 1 fully saturated rings. The minimum absolute atomic E-state index is 0.0204. The molecule has 0 aromatic carbocycles. The highest BCUT2D eigenvalue weighted by Crippen LogP contribution is 2.31. The molecule has 2 atom stereocenters. The lowest BCUT2D eigenvalue weighted by atomic mass is 9.93. The zero-order chi connectivity index (χ0) is 20.6. The van der Waals surface area contributed by atoms with Gasteiger partial charge in [0.25, 0.3) is 0 Å². The summed E-state index contributed by atoms with van der Waals surface area (Å²) in [7, 11) is 1.27. The summed E-state index contributed by atoms with van der Waals surface area (Å²) in [5, 5.41) is 0. The molecule has 0 bridgehead atoms. The fourth-order valence-electron chi connectivity index (χ4n) is 3.15. The van der Waals surface area contributed by atoms with Crippen molar-refractivity contribution in [3.63, 3.8) is 0 Å². The average molecular weight is 380 g/mol. The number of rotatable bonds is 8. The van der Waals surface area contributed by atoms with E-state index in [0.29, 0.717) is 13.0 Å². The molecule has 0 unspecified atom stereocenters. The number of allylic oxidation sites excluding steroid dienone is 1. The van der Waals surface area contributed by atoms with Gasteiger partial charge in [0.1, 0.15) is 18.2 Å². The van der Waals surface area contributed by atoms with Gasteiger partial charge in [0.15, 0.2) is 0 Å². The minimum atomic E-state index is -0.676. The van der Waals surface area contributed by atoms with E-state index in [1.165, 1.54) is 16.9 Å². The van der Waals surface area contributed by atoms with Crippen LogP contribution in [0.25, 0.3) is 0 Å². The number of carbonyl (C=O) groups is 3. The summed E-state index contributed by atoms with van der Waals surface area (Å²) < 4.78 is 10.2. The fourth-order valence-corrected chi connectivity index (χ4v) is 3.15. The van der Waals surface area contributed by atoms with Gasteiger partial charge in [-0.15, -0.1) is 13.2 Å². The molecule has 7 nitrogen and oxygen atoms in total. The Bertz CT molecular complexity index is 567. The van der Waals surface area contributed by atoms with Crippen LogP contribution in [0, 0.1) is 5.92 Å². The molecular weight excluding hydrogens is 348 g/mol. The van der Waals surface area contributed by atoms with Crippen molar-refractivity contribution in [2.24, 2.45) is 5.92 Å².